The minimum Gasteiger partial charge on any atom is -0.464 e. The average Bonchev–Trinajstić information content (AvgIpc) is 2.85. The topological polar surface area (TPSA) is 25.2 Å². The second kappa shape index (κ2) is 5.29. The second-order valence-corrected chi connectivity index (χ2v) is 4.79. The van der Waals surface area contributed by atoms with E-state index in [2.05, 4.69) is 42.6 Å². The fraction of sp³-hybridized carbons (Fsp3) is 0.176. The number of hydrogen-bond donors (Lipinski definition) is 1. The highest BCUT2D eigenvalue weighted by atomic mass is 16.3. The molecule has 0 fully saturated rings. The fourth-order valence-electron chi connectivity index (χ4n) is 2.31. The third-order valence-electron chi connectivity index (χ3n) is 3.45. The summed E-state index contributed by atoms with van der Waals surface area (Å²) in [7, 11) is 0. The Hall–Kier alpha value is -2.06. The molecule has 0 aliphatic carbocycles. The number of fused-ring (bicyclic) bond motifs is 1. The van der Waals surface area contributed by atoms with Gasteiger partial charge in [0.1, 0.15) is 5.58 Å². The summed E-state index contributed by atoms with van der Waals surface area (Å²) >= 11 is 0. The van der Waals surface area contributed by atoms with Crippen molar-refractivity contribution < 1.29 is 4.42 Å². The lowest BCUT2D eigenvalue weighted by Gasteiger charge is -2.06. The molecule has 0 bridgehead atoms. The Morgan fingerprint density at radius 3 is 2.53 bits per heavy atom. The van der Waals surface area contributed by atoms with Gasteiger partial charge in [-0.15, -0.1) is 0 Å². The minimum absolute atomic E-state index is 0.825. The number of furan rings is 1. The van der Waals surface area contributed by atoms with Gasteiger partial charge in [0, 0.05) is 24.0 Å². The molecule has 0 atom stereocenters. The Kier molecular flexibility index (Phi) is 3.34. The van der Waals surface area contributed by atoms with Gasteiger partial charge in [0.2, 0.25) is 0 Å². The van der Waals surface area contributed by atoms with E-state index < -0.39 is 0 Å². The Morgan fingerprint density at radius 1 is 0.895 bits per heavy atom. The molecule has 0 unspecified atom stereocenters. The van der Waals surface area contributed by atoms with Crippen LogP contribution in [0.25, 0.3) is 11.0 Å². The molecule has 3 aromatic rings. The number of para-hydroxylation sites is 1. The maximum Gasteiger partial charge on any atom is 0.134 e. The van der Waals surface area contributed by atoms with Gasteiger partial charge in [-0.25, -0.2) is 0 Å². The number of nitrogens with one attached hydrogen (secondary N) is 1. The number of benzene rings is 2. The predicted molar refractivity (Wildman–Crippen MR) is 77.9 cm³/mol. The highest BCUT2D eigenvalue weighted by Crippen LogP contribution is 2.20. The lowest BCUT2D eigenvalue weighted by Crippen LogP contribution is -2.13. The molecule has 0 spiro atoms. The van der Waals surface area contributed by atoms with Crippen molar-refractivity contribution in [1.29, 1.82) is 0 Å². The van der Waals surface area contributed by atoms with Crippen molar-refractivity contribution in [2.75, 3.05) is 0 Å². The van der Waals surface area contributed by atoms with Crippen LogP contribution in [0.4, 0.5) is 0 Å². The lowest BCUT2D eigenvalue weighted by atomic mass is 10.1. The van der Waals surface area contributed by atoms with Crippen LogP contribution in [0.2, 0.25) is 0 Å². The molecule has 0 aliphatic heterocycles. The molecule has 3 rings (SSSR count). The SMILES string of the molecule is Cc1ccccc1CNCc1coc2ccccc12. The van der Waals surface area contributed by atoms with Crippen molar-refractivity contribution in [1.82, 2.24) is 5.32 Å². The van der Waals surface area contributed by atoms with E-state index in [1.165, 1.54) is 22.1 Å². The number of aryl methyl sites for hydroxylation is 1. The molecule has 96 valence electrons. The summed E-state index contributed by atoms with van der Waals surface area (Å²) in [6.45, 7) is 3.85. The van der Waals surface area contributed by atoms with Crippen LogP contribution in [0.1, 0.15) is 16.7 Å². The van der Waals surface area contributed by atoms with Gasteiger partial charge in [-0.05, 0) is 24.1 Å². The van der Waals surface area contributed by atoms with Crippen LogP contribution in [0, 0.1) is 6.92 Å². The molecule has 0 aliphatic rings. The summed E-state index contributed by atoms with van der Waals surface area (Å²) in [6.07, 6.45) is 1.84. The van der Waals surface area contributed by atoms with E-state index in [-0.39, 0.29) is 0 Å². The monoisotopic (exact) mass is 251 g/mol. The molecule has 1 aromatic heterocycles. The van der Waals surface area contributed by atoms with Gasteiger partial charge in [0.15, 0.2) is 0 Å². The molecule has 0 saturated carbocycles. The van der Waals surface area contributed by atoms with E-state index >= 15 is 0 Å². The summed E-state index contributed by atoms with van der Waals surface area (Å²) in [5.74, 6) is 0. The maximum absolute atomic E-state index is 5.54. The van der Waals surface area contributed by atoms with Crippen molar-refractivity contribution in [2.45, 2.75) is 20.0 Å². The van der Waals surface area contributed by atoms with E-state index in [0.29, 0.717) is 0 Å². The summed E-state index contributed by atoms with van der Waals surface area (Å²) < 4.78 is 5.54. The highest BCUT2D eigenvalue weighted by molar-refractivity contribution is 5.80. The van der Waals surface area contributed by atoms with Crippen molar-refractivity contribution in [3.63, 3.8) is 0 Å². The van der Waals surface area contributed by atoms with Gasteiger partial charge >= 0.3 is 0 Å². The Balaban J connectivity index is 1.68. The summed E-state index contributed by atoms with van der Waals surface area (Å²) in [6, 6.07) is 16.6. The summed E-state index contributed by atoms with van der Waals surface area (Å²) in [4.78, 5) is 0. The van der Waals surface area contributed by atoms with Crippen molar-refractivity contribution in [3.8, 4) is 0 Å². The van der Waals surface area contributed by atoms with Crippen molar-refractivity contribution >= 4 is 11.0 Å². The average molecular weight is 251 g/mol. The van der Waals surface area contributed by atoms with Gasteiger partial charge in [-0.3, -0.25) is 0 Å². The summed E-state index contributed by atoms with van der Waals surface area (Å²) in [5, 5.41) is 4.67. The fourth-order valence-corrected chi connectivity index (χ4v) is 2.31. The first kappa shape index (κ1) is 12.0. The molecular formula is C17H17NO. The third kappa shape index (κ3) is 2.54. The van der Waals surface area contributed by atoms with Crippen LogP contribution < -0.4 is 5.32 Å². The van der Waals surface area contributed by atoms with Crippen LogP contribution in [0.3, 0.4) is 0 Å². The molecule has 0 saturated heterocycles. The first-order valence-corrected chi connectivity index (χ1v) is 6.55. The van der Waals surface area contributed by atoms with Gasteiger partial charge in [-0.2, -0.15) is 0 Å². The van der Waals surface area contributed by atoms with Gasteiger partial charge < -0.3 is 9.73 Å². The zero-order valence-corrected chi connectivity index (χ0v) is 11.0. The molecule has 2 aromatic carbocycles. The number of rotatable bonds is 4. The number of hydrogen-bond acceptors (Lipinski definition) is 2. The van der Waals surface area contributed by atoms with Crippen molar-refractivity contribution in [3.05, 3.63) is 71.5 Å². The van der Waals surface area contributed by atoms with Crippen molar-refractivity contribution in [2.24, 2.45) is 0 Å². The van der Waals surface area contributed by atoms with E-state index in [4.69, 9.17) is 4.42 Å². The molecule has 1 heterocycles. The quantitative estimate of drug-likeness (QED) is 0.757. The van der Waals surface area contributed by atoms with E-state index in [0.717, 1.165) is 18.7 Å². The molecule has 0 radical (unpaired) electrons. The highest BCUT2D eigenvalue weighted by Gasteiger charge is 2.04. The van der Waals surface area contributed by atoms with Gasteiger partial charge in [-0.1, -0.05) is 42.5 Å². The molecule has 2 heteroatoms. The molecular weight excluding hydrogens is 234 g/mol. The summed E-state index contributed by atoms with van der Waals surface area (Å²) in [5.41, 5.74) is 4.83. The Labute approximate surface area is 113 Å². The Morgan fingerprint density at radius 2 is 1.63 bits per heavy atom. The van der Waals surface area contributed by atoms with Crippen LogP contribution in [-0.2, 0) is 13.1 Å². The van der Waals surface area contributed by atoms with Gasteiger partial charge in [0.25, 0.3) is 0 Å². The molecule has 19 heavy (non-hydrogen) atoms. The second-order valence-electron chi connectivity index (χ2n) is 4.79. The molecule has 2 nitrogen and oxygen atoms in total. The van der Waals surface area contributed by atoms with E-state index in [9.17, 15) is 0 Å². The zero-order valence-electron chi connectivity index (χ0n) is 11.0. The standard InChI is InChI=1S/C17H17NO/c1-13-6-2-3-7-14(13)10-18-11-15-12-19-17-9-5-4-8-16(15)17/h2-9,12,18H,10-11H2,1H3. The lowest BCUT2D eigenvalue weighted by molar-refractivity contribution is 0.602. The predicted octanol–water partition coefficient (Wildman–Crippen LogP) is 4.03. The van der Waals surface area contributed by atoms with E-state index in [1.54, 1.807) is 0 Å². The third-order valence-corrected chi connectivity index (χ3v) is 3.45. The zero-order chi connectivity index (χ0) is 13.1. The smallest absolute Gasteiger partial charge is 0.134 e. The largest absolute Gasteiger partial charge is 0.464 e. The van der Waals surface area contributed by atoms with Crippen LogP contribution in [-0.4, -0.2) is 0 Å². The minimum atomic E-state index is 0.825. The van der Waals surface area contributed by atoms with E-state index in [1.807, 2.05) is 24.5 Å². The van der Waals surface area contributed by atoms with Crippen LogP contribution >= 0.6 is 0 Å². The molecule has 0 amide bonds. The first-order chi connectivity index (χ1) is 9.34. The van der Waals surface area contributed by atoms with Crippen LogP contribution in [0.15, 0.2) is 59.2 Å². The first-order valence-electron chi connectivity index (χ1n) is 6.55. The van der Waals surface area contributed by atoms with Gasteiger partial charge in [0.05, 0.1) is 6.26 Å². The maximum atomic E-state index is 5.54. The molecule has 1 N–H and O–H groups in total. The Bertz CT molecular complexity index is 684. The van der Waals surface area contributed by atoms with Crippen LogP contribution in [0.5, 0.6) is 0 Å². The normalized spacial score (nSPS) is 11.0.